The molecule has 0 aromatic carbocycles. The normalized spacial score (nSPS) is 61.1. The van der Waals surface area contributed by atoms with Gasteiger partial charge in [0.05, 0.1) is 29.5 Å². The van der Waals surface area contributed by atoms with Crippen molar-refractivity contribution in [3.63, 3.8) is 0 Å². The van der Waals surface area contributed by atoms with Crippen LogP contribution in [0.4, 0.5) is 0 Å². The van der Waals surface area contributed by atoms with Gasteiger partial charge in [-0.3, -0.25) is 0 Å². The largest absolute Gasteiger partial charge is 0.390 e. The molecule has 0 amide bonds. The summed E-state index contributed by atoms with van der Waals surface area (Å²) in [7, 11) is 0. The van der Waals surface area contributed by atoms with Crippen LogP contribution in [-0.2, 0) is 0 Å². The second-order valence-electron chi connectivity index (χ2n) is 10.4. The minimum absolute atomic E-state index is 0.138. The van der Waals surface area contributed by atoms with Gasteiger partial charge in [0, 0.05) is 11.3 Å². The number of aliphatic hydroxyl groups excluding tert-OH is 3. The zero-order valence-electron chi connectivity index (χ0n) is 15.8. The lowest BCUT2D eigenvalue weighted by atomic mass is 9.62. The highest BCUT2D eigenvalue weighted by atomic mass is 16.4. The highest BCUT2D eigenvalue weighted by Gasteiger charge is 2.74. The molecule has 4 aliphatic carbocycles. The third kappa shape index (κ3) is 1.84. The lowest BCUT2D eigenvalue weighted by Gasteiger charge is -2.45. The molecule has 4 fully saturated rings. The second-order valence-corrected chi connectivity index (χ2v) is 10.4. The molecule has 0 saturated heterocycles. The van der Waals surface area contributed by atoms with Gasteiger partial charge < -0.3 is 30.6 Å². The molecule has 0 heterocycles. The molecule has 0 aromatic heterocycles. The first-order valence-electron chi connectivity index (χ1n) is 9.64. The molecule has 9 atom stereocenters. The van der Waals surface area contributed by atoms with Crippen LogP contribution in [0.2, 0.25) is 0 Å². The molecular formula is C20H32O6. The highest BCUT2D eigenvalue weighted by Crippen LogP contribution is 2.69. The molecule has 6 N–H and O–H groups in total. The summed E-state index contributed by atoms with van der Waals surface area (Å²) in [5, 5.41) is 65.9. The Hall–Kier alpha value is -0.500. The Morgan fingerprint density at radius 1 is 1.00 bits per heavy atom. The molecule has 0 unspecified atom stereocenters. The van der Waals surface area contributed by atoms with Crippen molar-refractivity contribution in [1.29, 1.82) is 0 Å². The fraction of sp³-hybridized carbons (Fsp3) is 0.900. The smallest absolute Gasteiger partial charge is 0.107 e. The van der Waals surface area contributed by atoms with Crippen molar-refractivity contribution in [2.45, 2.75) is 88.0 Å². The third-order valence-electron chi connectivity index (χ3n) is 8.79. The molecule has 6 heteroatoms. The van der Waals surface area contributed by atoms with Gasteiger partial charge in [-0.25, -0.2) is 0 Å². The Morgan fingerprint density at radius 2 is 1.62 bits per heavy atom. The molecule has 4 rings (SSSR count). The Kier molecular flexibility index (Phi) is 3.56. The molecule has 0 aromatic rings. The van der Waals surface area contributed by atoms with Crippen molar-refractivity contribution in [3.8, 4) is 0 Å². The minimum atomic E-state index is -1.72. The average Bonchev–Trinajstić information content (AvgIpc) is 2.71. The van der Waals surface area contributed by atoms with E-state index in [9.17, 15) is 30.6 Å². The van der Waals surface area contributed by atoms with Crippen LogP contribution in [-0.4, -0.2) is 65.8 Å². The van der Waals surface area contributed by atoms with Gasteiger partial charge in [0.2, 0.25) is 0 Å². The van der Waals surface area contributed by atoms with Crippen LogP contribution < -0.4 is 0 Å². The van der Waals surface area contributed by atoms with Crippen molar-refractivity contribution in [3.05, 3.63) is 12.2 Å². The van der Waals surface area contributed by atoms with E-state index in [0.717, 1.165) is 0 Å². The van der Waals surface area contributed by atoms with Gasteiger partial charge >= 0.3 is 0 Å². The number of fused-ring (bicyclic) bond motifs is 2. The lowest BCUT2D eigenvalue weighted by Crippen LogP contribution is -2.56. The van der Waals surface area contributed by atoms with Crippen molar-refractivity contribution in [2.24, 2.45) is 22.7 Å². The number of hydrogen-bond donors (Lipinski definition) is 6. The number of hydrogen-bond acceptors (Lipinski definition) is 6. The topological polar surface area (TPSA) is 121 Å². The highest BCUT2D eigenvalue weighted by molar-refractivity contribution is 5.33. The molecule has 6 nitrogen and oxygen atoms in total. The quantitative estimate of drug-likeness (QED) is 0.337. The van der Waals surface area contributed by atoms with Crippen molar-refractivity contribution in [1.82, 2.24) is 0 Å². The Bertz CT molecular complexity index is 655. The first-order chi connectivity index (χ1) is 11.7. The van der Waals surface area contributed by atoms with Crippen LogP contribution in [0, 0.1) is 22.7 Å². The molecule has 148 valence electrons. The number of rotatable bonds is 0. The van der Waals surface area contributed by atoms with Crippen LogP contribution in [0.1, 0.15) is 52.9 Å². The zero-order chi connectivity index (χ0) is 19.5. The molecule has 0 aliphatic heterocycles. The third-order valence-corrected chi connectivity index (χ3v) is 8.79. The van der Waals surface area contributed by atoms with Crippen molar-refractivity contribution >= 4 is 0 Å². The number of aliphatic hydroxyl groups is 6. The maximum atomic E-state index is 11.6. The fourth-order valence-electron chi connectivity index (χ4n) is 7.25. The predicted octanol–water partition coefficient (Wildman–Crippen LogP) is 0.0884. The van der Waals surface area contributed by atoms with E-state index in [0.29, 0.717) is 31.3 Å². The summed E-state index contributed by atoms with van der Waals surface area (Å²) in [5.74, 6) is -0.982. The average molecular weight is 368 g/mol. The van der Waals surface area contributed by atoms with E-state index in [1.165, 1.54) is 0 Å². The molecule has 2 bridgehead atoms. The maximum Gasteiger partial charge on any atom is 0.107 e. The lowest BCUT2D eigenvalue weighted by molar-refractivity contribution is -0.170. The van der Waals surface area contributed by atoms with Gasteiger partial charge in [-0.2, -0.15) is 0 Å². The van der Waals surface area contributed by atoms with E-state index in [4.69, 9.17) is 0 Å². The Morgan fingerprint density at radius 3 is 2.23 bits per heavy atom. The monoisotopic (exact) mass is 368 g/mol. The molecule has 4 aliphatic rings. The van der Waals surface area contributed by atoms with Crippen molar-refractivity contribution in [2.75, 3.05) is 0 Å². The molecular weight excluding hydrogens is 336 g/mol. The standard InChI is InChI=1S/C20H32O6/c1-10-11-5-6-19(25)9-18(11,8-17(19,4)24)7-12(21)20(26)13(10)14(22)15(23)16(20,2)3/h11-15,21-26H,1,5-9H2,2-4H3/t11-,12+,13-,14-,15-,17+,18+,19-,20+/m0/s1. The van der Waals surface area contributed by atoms with Crippen LogP contribution in [0.25, 0.3) is 0 Å². The second kappa shape index (κ2) is 4.91. The van der Waals surface area contributed by atoms with Gasteiger partial charge in [-0.1, -0.05) is 26.0 Å². The Labute approximate surface area is 154 Å². The minimum Gasteiger partial charge on any atom is -0.390 e. The van der Waals surface area contributed by atoms with E-state index in [2.05, 4.69) is 6.58 Å². The predicted molar refractivity (Wildman–Crippen MR) is 94.0 cm³/mol. The summed E-state index contributed by atoms with van der Waals surface area (Å²) < 4.78 is 0. The zero-order valence-corrected chi connectivity index (χ0v) is 15.8. The SMILES string of the molecule is C=C1[C@@H]2CC[C@]3(O)C[C@@]2(C[C@@H](O)[C@@]2(O)[C@@H]1[C@H](O)[C@H](O)C2(C)C)C[C@@]3(C)O. The Balaban J connectivity index is 1.86. The van der Waals surface area contributed by atoms with E-state index in [1.54, 1.807) is 20.8 Å². The van der Waals surface area contributed by atoms with Gasteiger partial charge in [0.1, 0.15) is 5.60 Å². The molecule has 26 heavy (non-hydrogen) atoms. The molecule has 0 radical (unpaired) electrons. The van der Waals surface area contributed by atoms with Crippen LogP contribution in [0.3, 0.4) is 0 Å². The summed E-state index contributed by atoms with van der Waals surface area (Å²) in [6.07, 6.45) is -1.74. The first kappa shape index (κ1) is 18.8. The molecule has 4 saturated carbocycles. The van der Waals surface area contributed by atoms with Gasteiger partial charge in [0.25, 0.3) is 0 Å². The van der Waals surface area contributed by atoms with E-state index in [1.807, 2.05) is 0 Å². The summed E-state index contributed by atoms with van der Waals surface area (Å²) in [6.45, 7) is 9.16. The van der Waals surface area contributed by atoms with Gasteiger partial charge in [-0.15, -0.1) is 0 Å². The van der Waals surface area contributed by atoms with Crippen LogP contribution in [0.5, 0.6) is 0 Å². The van der Waals surface area contributed by atoms with Gasteiger partial charge in [0.15, 0.2) is 0 Å². The fourth-order valence-corrected chi connectivity index (χ4v) is 7.25. The van der Waals surface area contributed by atoms with E-state index < -0.39 is 51.9 Å². The van der Waals surface area contributed by atoms with Crippen LogP contribution in [0.15, 0.2) is 12.2 Å². The van der Waals surface area contributed by atoms with Gasteiger partial charge in [-0.05, 0) is 50.4 Å². The maximum absolute atomic E-state index is 11.6. The summed E-state index contributed by atoms with van der Waals surface area (Å²) in [4.78, 5) is 0. The van der Waals surface area contributed by atoms with Crippen molar-refractivity contribution < 1.29 is 30.6 Å². The van der Waals surface area contributed by atoms with E-state index >= 15 is 0 Å². The summed E-state index contributed by atoms with van der Waals surface area (Å²) >= 11 is 0. The summed E-state index contributed by atoms with van der Waals surface area (Å²) in [5.41, 5.74) is -5.27. The summed E-state index contributed by atoms with van der Waals surface area (Å²) in [6, 6.07) is 0. The van der Waals surface area contributed by atoms with E-state index in [-0.39, 0.29) is 12.3 Å². The van der Waals surface area contributed by atoms with Crippen LogP contribution >= 0.6 is 0 Å². The molecule has 1 spiro atoms. The first-order valence-corrected chi connectivity index (χ1v) is 9.64.